The maximum atomic E-state index is 13.5. The highest BCUT2D eigenvalue weighted by Gasteiger charge is 2.11. The molecule has 23 heavy (non-hydrogen) atoms. The fraction of sp³-hybridized carbons (Fsp3) is 0.0526. The van der Waals surface area contributed by atoms with Gasteiger partial charge >= 0.3 is 0 Å². The number of hydrazine groups is 1. The summed E-state index contributed by atoms with van der Waals surface area (Å²) in [6, 6.07) is 20.9. The molecule has 0 aliphatic carbocycles. The maximum Gasteiger partial charge on any atom is 0.128 e. The molecular weight excluding hydrogens is 289 g/mol. The zero-order chi connectivity index (χ0) is 16.4. The number of halogens is 1. The molecule has 0 fully saturated rings. The first-order valence-electron chi connectivity index (χ1n) is 7.32. The quantitative estimate of drug-likeness (QED) is 0.428. The van der Waals surface area contributed by atoms with Crippen molar-refractivity contribution in [2.24, 2.45) is 5.84 Å². The van der Waals surface area contributed by atoms with Crippen LogP contribution in [0.4, 0.5) is 21.5 Å². The lowest BCUT2D eigenvalue weighted by atomic mass is 10.1. The van der Waals surface area contributed by atoms with Gasteiger partial charge in [0.1, 0.15) is 5.82 Å². The van der Waals surface area contributed by atoms with Gasteiger partial charge in [-0.25, -0.2) is 10.2 Å². The molecule has 4 heteroatoms. The molecule has 0 spiro atoms. The van der Waals surface area contributed by atoms with Crippen LogP contribution in [0.3, 0.4) is 0 Å². The van der Waals surface area contributed by atoms with Crippen molar-refractivity contribution in [1.82, 2.24) is 0 Å². The van der Waals surface area contributed by atoms with Crippen LogP contribution >= 0.6 is 0 Å². The Bertz CT molecular complexity index is 814. The third kappa shape index (κ3) is 3.03. The van der Waals surface area contributed by atoms with E-state index in [0.717, 1.165) is 16.8 Å². The van der Waals surface area contributed by atoms with Crippen LogP contribution in [0.5, 0.6) is 0 Å². The SMILES string of the molecule is Cc1cc(N(N)c2ccc(-c3ccccc3)cc2)c(N)cc1F. The van der Waals surface area contributed by atoms with E-state index < -0.39 is 0 Å². The topological polar surface area (TPSA) is 55.3 Å². The van der Waals surface area contributed by atoms with E-state index in [4.69, 9.17) is 11.6 Å². The zero-order valence-electron chi connectivity index (χ0n) is 12.8. The van der Waals surface area contributed by atoms with Crippen molar-refractivity contribution >= 4 is 17.1 Å². The van der Waals surface area contributed by atoms with E-state index in [0.29, 0.717) is 16.9 Å². The number of nitrogens with zero attached hydrogens (tertiary/aromatic N) is 1. The molecule has 0 aliphatic rings. The lowest BCUT2D eigenvalue weighted by Gasteiger charge is -2.21. The van der Waals surface area contributed by atoms with Gasteiger partial charge in [-0.05, 0) is 47.9 Å². The van der Waals surface area contributed by atoms with Gasteiger partial charge in [0.05, 0.1) is 17.1 Å². The summed E-state index contributed by atoms with van der Waals surface area (Å²) in [5, 5.41) is 1.47. The van der Waals surface area contributed by atoms with Crippen LogP contribution in [0.2, 0.25) is 0 Å². The van der Waals surface area contributed by atoms with Crippen molar-refractivity contribution in [1.29, 1.82) is 0 Å². The van der Waals surface area contributed by atoms with Gasteiger partial charge in [0, 0.05) is 0 Å². The van der Waals surface area contributed by atoms with Crippen molar-refractivity contribution in [3.63, 3.8) is 0 Å². The number of nitrogens with two attached hydrogens (primary N) is 2. The first-order chi connectivity index (χ1) is 11.1. The van der Waals surface area contributed by atoms with Crippen LogP contribution in [0.25, 0.3) is 11.1 Å². The Morgan fingerprint density at radius 2 is 1.48 bits per heavy atom. The first-order valence-corrected chi connectivity index (χ1v) is 7.32. The zero-order valence-corrected chi connectivity index (χ0v) is 12.8. The minimum atomic E-state index is -0.334. The van der Waals surface area contributed by atoms with Crippen LogP contribution in [-0.4, -0.2) is 0 Å². The van der Waals surface area contributed by atoms with Crippen LogP contribution in [0.15, 0.2) is 66.7 Å². The standard InChI is InChI=1S/C19H18FN3/c1-13-11-19(18(21)12-17(13)20)23(22)16-9-7-15(8-10-16)14-5-3-2-4-6-14/h2-12H,21-22H2,1H3. The molecule has 0 saturated carbocycles. The number of rotatable bonds is 3. The number of nitrogen functional groups attached to an aromatic ring is 1. The molecule has 0 bridgehead atoms. The number of aryl methyl sites for hydroxylation is 1. The largest absolute Gasteiger partial charge is 0.397 e. The minimum absolute atomic E-state index is 0.308. The minimum Gasteiger partial charge on any atom is -0.397 e. The Morgan fingerprint density at radius 3 is 2.13 bits per heavy atom. The molecular formula is C19H18FN3. The van der Waals surface area contributed by atoms with Gasteiger partial charge < -0.3 is 5.73 Å². The summed E-state index contributed by atoms with van der Waals surface area (Å²) in [6.07, 6.45) is 0. The summed E-state index contributed by atoms with van der Waals surface area (Å²) < 4.78 is 13.5. The monoisotopic (exact) mass is 307 g/mol. The molecule has 3 aromatic rings. The van der Waals surface area contributed by atoms with Gasteiger partial charge in [0.2, 0.25) is 0 Å². The highest BCUT2D eigenvalue weighted by Crippen LogP contribution is 2.31. The maximum absolute atomic E-state index is 13.5. The lowest BCUT2D eigenvalue weighted by molar-refractivity contribution is 0.619. The van der Waals surface area contributed by atoms with Crippen LogP contribution in [0.1, 0.15) is 5.56 Å². The normalized spacial score (nSPS) is 10.6. The summed E-state index contributed by atoms with van der Waals surface area (Å²) in [5.41, 5.74) is 10.3. The molecule has 0 radical (unpaired) electrons. The summed E-state index contributed by atoms with van der Waals surface area (Å²) in [7, 11) is 0. The van der Waals surface area contributed by atoms with Gasteiger partial charge in [0.25, 0.3) is 0 Å². The van der Waals surface area contributed by atoms with E-state index in [2.05, 4.69) is 12.1 Å². The molecule has 3 aromatic carbocycles. The molecule has 0 saturated heterocycles. The Morgan fingerprint density at radius 1 is 0.870 bits per heavy atom. The smallest absolute Gasteiger partial charge is 0.128 e. The number of benzene rings is 3. The molecule has 0 amide bonds. The average Bonchev–Trinajstić information content (AvgIpc) is 2.58. The second-order valence-corrected chi connectivity index (χ2v) is 5.44. The van der Waals surface area contributed by atoms with Crippen molar-refractivity contribution in [3.05, 3.63) is 78.1 Å². The van der Waals surface area contributed by atoms with E-state index in [1.807, 2.05) is 42.5 Å². The van der Waals surface area contributed by atoms with Gasteiger partial charge in [-0.15, -0.1) is 0 Å². The van der Waals surface area contributed by atoms with E-state index in [1.54, 1.807) is 13.0 Å². The molecule has 0 atom stereocenters. The molecule has 0 unspecified atom stereocenters. The average molecular weight is 307 g/mol. The molecule has 0 aromatic heterocycles. The third-order valence-electron chi connectivity index (χ3n) is 3.82. The van der Waals surface area contributed by atoms with Gasteiger partial charge in [-0.3, -0.25) is 5.01 Å². The molecule has 116 valence electrons. The Kier molecular flexibility index (Phi) is 4.00. The summed E-state index contributed by atoms with van der Waals surface area (Å²) in [4.78, 5) is 0. The van der Waals surface area contributed by atoms with Gasteiger partial charge in [-0.1, -0.05) is 42.5 Å². The Labute approximate surface area is 134 Å². The van der Waals surface area contributed by atoms with Crippen LogP contribution < -0.4 is 16.6 Å². The highest BCUT2D eigenvalue weighted by molar-refractivity contribution is 5.76. The fourth-order valence-electron chi connectivity index (χ4n) is 2.47. The van der Waals surface area contributed by atoms with Crippen molar-refractivity contribution < 1.29 is 4.39 Å². The second-order valence-electron chi connectivity index (χ2n) is 5.44. The number of hydrogen-bond donors (Lipinski definition) is 2. The van der Waals surface area contributed by atoms with E-state index in [-0.39, 0.29) is 5.82 Å². The van der Waals surface area contributed by atoms with E-state index in [9.17, 15) is 4.39 Å². The van der Waals surface area contributed by atoms with E-state index >= 15 is 0 Å². The summed E-state index contributed by atoms with van der Waals surface area (Å²) in [5.74, 6) is 5.82. The molecule has 0 heterocycles. The lowest BCUT2D eigenvalue weighted by Crippen LogP contribution is -2.26. The Hall–Kier alpha value is -2.85. The van der Waals surface area contributed by atoms with Crippen LogP contribution in [-0.2, 0) is 0 Å². The van der Waals surface area contributed by atoms with Crippen molar-refractivity contribution in [2.75, 3.05) is 10.7 Å². The predicted molar refractivity (Wildman–Crippen MR) is 93.8 cm³/mol. The summed E-state index contributed by atoms with van der Waals surface area (Å²) >= 11 is 0. The molecule has 0 aliphatic heterocycles. The van der Waals surface area contributed by atoms with Gasteiger partial charge in [-0.2, -0.15) is 0 Å². The predicted octanol–water partition coefficient (Wildman–Crippen LogP) is 4.40. The van der Waals surface area contributed by atoms with Crippen molar-refractivity contribution in [3.8, 4) is 11.1 Å². The highest BCUT2D eigenvalue weighted by atomic mass is 19.1. The van der Waals surface area contributed by atoms with Crippen molar-refractivity contribution in [2.45, 2.75) is 6.92 Å². The third-order valence-corrected chi connectivity index (χ3v) is 3.82. The molecule has 4 N–H and O–H groups in total. The first kappa shape index (κ1) is 15.1. The fourth-order valence-corrected chi connectivity index (χ4v) is 2.47. The molecule has 3 rings (SSSR count). The summed E-state index contributed by atoms with van der Waals surface area (Å²) in [6.45, 7) is 1.69. The van der Waals surface area contributed by atoms with Gasteiger partial charge in [0.15, 0.2) is 0 Å². The second kappa shape index (κ2) is 6.10. The van der Waals surface area contributed by atoms with Crippen LogP contribution in [0, 0.1) is 12.7 Å². The Balaban J connectivity index is 1.92. The number of hydrogen-bond acceptors (Lipinski definition) is 3. The molecule has 3 nitrogen and oxygen atoms in total. The van der Waals surface area contributed by atoms with E-state index in [1.165, 1.54) is 11.1 Å². The number of anilines is 3.